The van der Waals surface area contributed by atoms with Crippen molar-refractivity contribution < 1.29 is 14.0 Å². The van der Waals surface area contributed by atoms with Gasteiger partial charge in [-0.3, -0.25) is 14.9 Å². The van der Waals surface area contributed by atoms with Gasteiger partial charge in [-0.2, -0.15) is 0 Å². The number of carbonyl (C=O) groups is 2. The van der Waals surface area contributed by atoms with E-state index in [2.05, 4.69) is 20.5 Å². The normalized spacial score (nSPS) is 23.8. The second kappa shape index (κ2) is 7.74. The second-order valence-electron chi connectivity index (χ2n) is 7.01. The minimum absolute atomic E-state index is 0.0158. The maximum absolute atomic E-state index is 12.6. The average Bonchev–Trinajstić information content (AvgIpc) is 3.09. The fraction of sp³-hybridized carbons (Fsp3) is 0.421. The molecule has 3 aliphatic rings. The molecule has 0 radical (unpaired) electrons. The van der Waals surface area contributed by atoms with Crippen LogP contribution in [0.1, 0.15) is 30.1 Å². The molecule has 1 aromatic carbocycles. The number of fused-ring (bicyclic) bond motifs is 3. The highest BCUT2D eigenvalue weighted by molar-refractivity contribution is 7.99. The number of nitrogens with one attached hydrogen (secondary N) is 2. The van der Waals surface area contributed by atoms with E-state index < -0.39 is 0 Å². The van der Waals surface area contributed by atoms with Crippen LogP contribution >= 0.6 is 11.8 Å². The average molecular weight is 386 g/mol. The van der Waals surface area contributed by atoms with E-state index in [1.54, 1.807) is 6.20 Å². The van der Waals surface area contributed by atoms with Crippen LogP contribution in [0.5, 0.6) is 0 Å². The molecule has 3 aliphatic heterocycles. The number of oxazole rings is 1. The molecule has 2 N–H and O–H groups in total. The van der Waals surface area contributed by atoms with Crippen molar-refractivity contribution in [1.82, 2.24) is 15.2 Å². The first-order valence-corrected chi connectivity index (χ1v) is 9.93. The number of hydrogen-bond donors (Lipinski definition) is 2. The topological polar surface area (TPSA) is 87.5 Å². The first-order chi connectivity index (χ1) is 13.1. The number of carbonyl (C=O) groups excluding carboxylic acids is 2. The minimum Gasteiger partial charge on any atom is -0.416 e. The Morgan fingerprint density at radius 3 is 2.59 bits per heavy atom. The van der Waals surface area contributed by atoms with Crippen molar-refractivity contribution in [1.29, 1.82) is 0 Å². The highest BCUT2D eigenvalue weighted by Crippen LogP contribution is 2.30. The number of nitrogens with zero attached hydrogens (tertiary/aromatic N) is 2. The molecule has 3 saturated heterocycles. The van der Waals surface area contributed by atoms with E-state index in [0.29, 0.717) is 16.6 Å². The molecule has 7 nitrogen and oxygen atoms in total. The third-order valence-electron chi connectivity index (χ3n) is 5.08. The number of amides is 2. The molecule has 1 aromatic heterocycles. The predicted octanol–water partition coefficient (Wildman–Crippen LogP) is 2.61. The lowest BCUT2D eigenvalue weighted by Crippen LogP contribution is -2.57. The summed E-state index contributed by atoms with van der Waals surface area (Å²) >= 11 is 1.38. The fourth-order valence-electron chi connectivity index (χ4n) is 3.69. The van der Waals surface area contributed by atoms with Gasteiger partial charge >= 0.3 is 6.01 Å². The van der Waals surface area contributed by atoms with Crippen LogP contribution in [-0.4, -0.2) is 47.4 Å². The van der Waals surface area contributed by atoms with Crippen LogP contribution in [0.4, 0.5) is 6.01 Å². The van der Waals surface area contributed by atoms with Crippen molar-refractivity contribution in [2.75, 3.05) is 25.0 Å². The maximum Gasteiger partial charge on any atom is 0.302 e. The summed E-state index contributed by atoms with van der Waals surface area (Å²) in [6.07, 6.45) is 3.92. The molecular weight excluding hydrogens is 364 g/mol. The third-order valence-corrected chi connectivity index (χ3v) is 5.97. The van der Waals surface area contributed by atoms with Gasteiger partial charge in [-0.15, -0.1) is 0 Å². The number of rotatable bonds is 5. The Bertz CT molecular complexity index is 828. The van der Waals surface area contributed by atoms with Crippen molar-refractivity contribution in [3.63, 3.8) is 0 Å². The van der Waals surface area contributed by atoms with Crippen LogP contribution in [0.3, 0.4) is 0 Å². The molecule has 27 heavy (non-hydrogen) atoms. The summed E-state index contributed by atoms with van der Waals surface area (Å²) in [4.78, 5) is 30.9. The minimum atomic E-state index is -0.230. The number of piperidine rings is 3. The summed E-state index contributed by atoms with van der Waals surface area (Å²) in [5, 5.41) is 6.27. The molecule has 3 fully saturated rings. The van der Waals surface area contributed by atoms with Crippen molar-refractivity contribution in [2.45, 2.75) is 35.8 Å². The Morgan fingerprint density at radius 1 is 1.22 bits per heavy atom. The molecule has 2 amide bonds. The van der Waals surface area contributed by atoms with E-state index in [0.717, 1.165) is 24.5 Å². The van der Waals surface area contributed by atoms with E-state index in [4.69, 9.17) is 4.42 Å². The highest BCUT2D eigenvalue weighted by atomic mass is 32.2. The SMILES string of the molecule is CC(=O)Nc1ncc(Sc2ccc(C(=O)N[C@H]3CN4CCC3CC4)cc2)o1. The standard InChI is InChI=1S/C19H22N4O3S/c1-12(24)21-19-20-10-17(26-19)27-15-4-2-14(3-5-15)18(25)22-16-11-23-8-6-13(16)7-9-23/h2-5,10,13,16H,6-9,11H2,1H3,(H,22,25)(H,20,21,24)/t16-/m0/s1. The van der Waals surface area contributed by atoms with Gasteiger partial charge in [-0.05, 0) is 56.1 Å². The zero-order valence-corrected chi connectivity index (χ0v) is 15.9. The molecule has 5 rings (SSSR count). The molecule has 4 heterocycles. The van der Waals surface area contributed by atoms with Crippen LogP contribution in [-0.2, 0) is 4.79 Å². The van der Waals surface area contributed by atoms with E-state index in [1.165, 1.54) is 31.5 Å². The lowest BCUT2D eigenvalue weighted by molar-refractivity contribution is -0.114. The van der Waals surface area contributed by atoms with E-state index in [-0.39, 0.29) is 23.9 Å². The molecule has 0 spiro atoms. The van der Waals surface area contributed by atoms with Crippen LogP contribution in [0.2, 0.25) is 0 Å². The summed E-state index contributed by atoms with van der Waals surface area (Å²) in [7, 11) is 0. The first kappa shape index (κ1) is 18.1. The maximum atomic E-state index is 12.6. The largest absolute Gasteiger partial charge is 0.416 e. The van der Waals surface area contributed by atoms with Crippen LogP contribution in [0.25, 0.3) is 0 Å². The Balaban J connectivity index is 1.35. The lowest BCUT2D eigenvalue weighted by atomic mass is 9.84. The van der Waals surface area contributed by atoms with Crippen LogP contribution < -0.4 is 10.6 Å². The molecule has 2 bridgehead atoms. The predicted molar refractivity (Wildman–Crippen MR) is 102 cm³/mol. The van der Waals surface area contributed by atoms with Crippen molar-refractivity contribution in [3.8, 4) is 0 Å². The summed E-state index contributed by atoms with van der Waals surface area (Å²) in [6.45, 7) is 4.69. The summed E-state index contributed by atoms with van der Waals surface area (Å²) in [5.41, 5.74) is 0.660. The summed E-state index contributed by atoms with van der Waals surface area (Å²) < 4.78 is 5.44. The van der Waals surface area contributed by atoms with Gasteiger partial charge in [-0.1, -0.05) is 11.8 Å². The molecule has 0 saturated carbocycles. The molecule has 2 aromatic rings. The zero-order chi connectivity index (χ0) is 18.8. The Labute approximate surface area is 161 Å². The first-order valence-electron chi connectivity index (χ1n) is 9.11. The summed E-state index contributed by atoms with van der Waals surface area (Å²) in [6, 6.07) is 7.86. The van der Waals surface area contributed by atoms with Gasteiger partial charge in [-0.25, -0.2) is 4.98 Å². The number of anilines is 1. The van der Waals surface area contributed by atoms with Gasteiger partial charge in [0, 0.05) is 30.0 Å². The van der Waals surface area contributed by atoms with Crippen LogP contribution in [0, 0.1) is 5.92 Å². The number of hydrogen-bond acceptors (Lipinski definition) is 6. The van der Waals surface area contributed by atoms with E-state index >= 15 is 0 Å². The quantitative estimate of drug-likeness (QED) is 0.821. The van der Waals surface area contributed by atoms with Crippen LogP contribution in [0.15, 0.2) is 44.9 Å². The Hall–Kier alpha value is -2.32. The third kappa shape index (κ3) is 4.33. The van der Waals surface area contributed by atoms with Gasteiger partial charge < -0.3 is 14.6 Å². The Morgan fingerprint density at radius 2 is 1.96 bits per heavy atom. The molecular formula is C19H22N4O3S. The van der Waals surface area contributed by atoms with Gasteiger partial charge in [0.2, 0.25) is 5.91 Å². The van der Waals surface area contributed by atoms with Gasteiger partial charge in [0.15, 0.2) is 5.09 Å². The van der Waals surface area contributed by atoms with Gasteiger partial charge in [0.1, 0.15) is 0 Å². The zero-order valence-electron chi connectivity index (χ0n) is 15.1. The van der Waals surface area contributed by atoms with Crippen molar-refractivity contribution in [2.24, 2.45) is 5.92 Å². The highest BCUT2D eigenvalue weighted by Gasteiger charge is 2.34. The van der Waals surface area contributed by atoms with Gasteiger partial charge in [0.25, 0.3) is 5.91 Å². The molecule has 142 valence electrons. The number of aromatic nitrogens is 1. The lowest BCUT2D eigenvalue weighted by Gasteiger charge is -2.44. The Kier molecular flexibility index (Phi) is 5.18. The van der Waals surface area contributed by atoms with E-state index in [1.807, 2.05) is 24.3 Å². The molecule has 0 aliphatic carbocycles. The summed E-state index contributed by atoms with van der Waals surface area (Å²) in [5.74, 6) is 0.364. The molecule has 0 unspecified atom stereocenters. The number of benzene rings is 1. The monoisotopic (exact) mass is 386 g/mol. The van der Waals surface area contributed by atoms with Crippen molar-refractivity contribution in [3.05, 3.63) is 36.0 Å². The van der Waals surface area contributed by atoms with Crippen molar-refractivity contribution >= 4 is 29.6 Å². The van der Waals surface area contributed by atoms with E-state index in [9.17, 15) is 9.59 Å². The molecule has 8 heteroatoms. The fourth-order valence-corrected chi connectivity index (χ4v) is 4.42. The van der Waals surface area contributed by atoms with Gasteiger partial charge in [0.05, 0.1) is 6.20 Å². The smallest absolute Gasteiger partial charge is 0.302 e. The molecule has 1 atom stereocenters. The second-order valence-corrected chi connectivity index (χ2v) is 8.09.